The number of carbonyl (C=O) groups excluding carboxylic acids is 2. The van der Waals surface area contributed by atoms with E-state index in [1.807, 2.05) is 19.9 Å². The van der Waals surface area contributed by atoms with Gasteiger partial charge in [-0.05, 0) is 87.4 Å². The Morgan fingerprint density at radius 2 is 1.64 bits per heavy atom. The summed E-state index contributed by atoms with van der Waals surface area (Å²) in [5.74, 6) is 0.611. The minimum Gasteiger partial charge on any atom is -0.509 e. The van der Waals surface area contributed by atoms with Gasteiger partial charge in [-0.2, -0.15) is 0 Å². The molecule has 4 rings (SSSR count). The number of benzene rings is 3. The first-order chi connectivity index (χ1) is 19.9. The number of amides is 1. The molecule has 1 saturated heterocycles. The topological polar surface area (TPSA) is 93.1 Å². The lowest BCUT2D eigenvalue weighted by Gasteiger charge is -2.27. The molecule has 3 atom stereocenters. The second-order valence-electron chi connectivity index (χ2n) is 11.5. The van der Waals surface area contributed by atoms with E-state index < -0.39 is 28.4 Å². The predicted molar refractivity (Wildman–Crippen MR) is 165 cm³/mol. The summed E-state index contributed by atoms with van der Waals surface area (Å²) in [6, 6.07) is 19.9. The van der Waals surface area contributed by atoms with E-state index in [0.717, 1.165) is 16.7 Å². The number of aliphatic hydroxyl groups excluding tert-OH is 1. The van der Waals surface area contributed by atoms with Gasteiger partial charge in [0.05, 0.1) is 0 Å². The van der Waals surface area contributed by atoms with Gasteiger partial charge in [0.15, 0.2) is 11.4 Å². The molecule has 1 aliphatic rings. The zero-order valence-electron chi connectivity index (χ0n) is 24.9. The molecule has 0 aliphatic carbocycles. The first-order valence-electron chi connectivity index (χ1n) is 14.0. The molecule has 1 aliphatic heterocycles. The van der Waals surface area contributed by atoms with Crippen molar-refractivity contribution in [3.63, 3.8) is 0 Å². The summed E-state index contributed by atoms with van der Waals surface area (Å²) in [5, 5.41) is 9.92. The monoisotopic (exact) mass is 589 g/mol. The molecule has 222 valence electrons. The van der Waals surface area contributed by atoms with E-state index in [4.69, 9.17) is 9.47 Å². The van der Waals surface area contributed by atoms with E-state index in [-0.39, 0.29) is 24.0 Å². The summed E-state index contributed by atoms with van der Waals surface area (Å²) in [6.45, 7) is 11.8. The highest BCUT2D eigenvalue weighted by Crippen LogP contribution is 2.34. The highest BCUT2D eigenvalue weighted by atomic mass is 32.2. The lowest BCUT2D eigenvalue weighted by molar-refractivity contribution is 0.0895. The minimum atomic E-state index is -1.14. The van der Waals surface area contributed by atoms with Crippen molar-refractivity contribution in [2.45, 2.75) is 51.0 Å². The fourth-order valence-corrected chi connectivity index (χ4v) is 5.82. The molecule has 1 fully saturated rings. The third-order valence-electron chi connectivity index (χ3n) is 7.83. The second kappa shape index (κ2) is 12.9. The molecule has 3 aromatic carbocycles. The molecule has 1 amide bonds. The quantitative estimate of drug-likeness (QED) is 0.206. The highest BCUT2D eigenvalue weighted by molar-refractivity contribution is 7.84. The number of carbonyl (C=O) groups is 2. The Bertz CT molecular complexity index is 1460. The standard InChI is InChI=1S/C34H39NO6S/c1-22-18-25(19-23(2)32(22)41-34(4,5)24(3)36)12-13-27-20-35(33(38)40-28-10-8-7-9-11-28)21-30(27)31(37)26-14-16-29(17-15-26)42(6)39/h7-11,14-19,27,30,36H,3,12-13,20-21H2,1-2,4-6H3. The van der Waals surface area contributed by atoms with Crippen molar-refractivity contribution in [2.75, 3.05) is 19.3 Å². The molecular formula is C34H39NO6S. The van der Waals surface area contributed by atoms with Crippen molar-refractivity contribution in [3.05, 3.63) is 101 Å². The van der Waals surface area contributed by atoms with Crippen LogP contribution in [0.5, 0.6) is 11.5 Å². The van der Waals surface area contributed by atoms with Crippen LogP contribution < -0.4 is 9.47 Å². The van der Waals surface area contributed by atoms with Crippen LogP contribution in [0.4, 0.5) is 4.79 Å². The van der Waals surface area contributed by atoms with Gasteiger partial charge in [-0.15, -0.1) is 0 Å². The Balaban J connectivity index is 1.53. The maximum Gasteiger partial charge on any atom is 0.415 e. The Morgan fingerprint density at radius 1 is 1.02 bits per heavy atom. The van der Waals surface area contributed by atoms with E-state index in [2.05, 4.69) is 18.7 Å². The maximum atomic E-state index is 13.7. The van der Waals surface area contributed by atoms with Crippen LogP contribution in [0.1, 0.15) is 47.3 Å². The zero-order chi connectivity index (χ0) is 30.6. The lowest BCUT2D eigenvalue weighted by atomic mass is 9.84. The number of hydrogen-bond acceptors (Lipinski definition) is 6. The Morgan fingerprint density at radius 3 is 2.21 bits per heavy atom. The van der Waals surface area contributed by atoms with Crippen LogP contribution in [-0.2, 0) is 17.2 Å². The van der Waals surface area contributed by atoms with Crippen LogP contribution >= 0.6 is 0 Å². The summed E-state index contributed by atoms with van der Waals surface area (Å²) < 4.78 is 23.5. The van der Waals surface area contributed by atoms with Crippen LogP contribution in [-0.4, -0.2) is 51.0 Å². The average Bonchev–Trinajstić information content (AvgIpc) is 3.38. The Hall–Kier alpha value is -3.91. The fourth-order valence-electron chi connectivity index (χ4n) is 5.30. The summed E-state index contributed by atoms with van der Waals surface area (Å²) >= 11 is 0. The molecule has 0 bridgehead atoms. The molecule has 42 heavy (non-hydrogen) atoms. The molecule has 1 heterocycles. The molecule has 1 N–H and O–H groups in total. The van der Waals surface area contributed by atoms with Gasteiger partial charge in [-0.1, -0.05) is 49.0 Å². The first kappa shape index (κ1) is 31.0. The van der Waals surface area contributed by atoms with E-state index in [1.165, 1.54) is 0 Å². The Kier molecular flexibility index (Phi) is 9.57. The molecule has 0 aromatic heterocycles. The number of likely N-dealkylation sites (tertiary alicyclic amines) is 1. The zero-order valence-corrected chi connectivity index (χ0v) is 25.7. The number of hydrogen-bond donors (Lipinski definition) is 1. The highest BCUT2D eigenvalue weighted by Gasteiger charge is 2.40. The molecule has 7 nitrogen and oxygen atoms in total. The van der Waals surface area contributed by atoms with E-state index >= 15 is 0 Å². The number of aliphatic hydroxyl groups is 1. The van der Waals surface area contributed by atoms with E-state index in [0.29, 0.717) is 41.3 Å². The summed E-state index contributed by atoms with van der Waals surface area (Å²) in [4.78, 5) is 29.1. The summed E-state index contributed by atoms with van der Waals surface area (Å²) in [6.07, 6.45) is 2.54. The summed E-state index contributed by atoms with van der Waals surface area (Å²) in [7, 11) is -1.14. The van der Waals surface area contributed by atoms with Gasteiger partial charge in [0, 0.05) is 46.5 Å². The molecular weight excluding hydrogens is 550 g/mol. The molecule has 8 heteroatoms. The van der Waals surface area contributed by atoms with Crippen molar-refractivity contribution in [1.82, 2.24) is 4.90 Å². The average molecular weight is 590 g/mol. The van der Waals surface area contributed by atoms with Crippen molar-refractivity contribution in [1.29, 1.82) is 0 Å². The molecule has 0 radical (unpaired) electrons. The van der Waals surface area contributed by atoms with Crippen molar-refractivity contribution in [2.24, 2.45) is 11.8 Å². The normalized spacial score (nSPS) is 17.5. The van der Waals surface area contributed by atoms with Crippen molar-refractivity contribution in [3.8, 4) is 11.5 Å². The van der Waals surface area contributed by atoms with Crippen LogP contribution in [0.2, 0.25) is 0 Å². The van der Waals surface area contributed by atoms with Gasteiger partial charge in [0.1, 0.15) is 17.3 Å². The summed E-state index contributed by atoms with van der Waals surface area (Å²) in [5.41, 5.74) is 2.61. The van der Waals surface area contributed by atoms with Crippen LogP contribution in [0, 0.1) is 25.7 Å². The molecule has 0 spiro atoms. The van der Waals surface area contributed by atoms with E-state index in [9.17, 15) is 18.9 Å². The van der Waals surface area contributed by atoms with Crippen LogP contribution in [0.3, 0.4) is 0 Å². The smallest absolute Gasteiger partial charge is 0.415 e. The van der Waals surface area contributed by atoms with E-state index in [1.54, 1.807) is 73.5 Å². The number of aryl methyl sites for hydroxylation is 3. The molecule has 3 aromatic rings. The molecule has 0 saturated carbocycles. The third-order valence-corrected chi connectivity index (χ3v) is 8.77. The first-order valence-corrected chi connectivity index (χ1v) is 15.6. The van der Waals surface area contributed by atoms with Crippen molar-refractivity contribution < 1.29 is 28.4 Å². The third kappa shape index (κ3) is 7.29. The number of nitrogens with zero attached hydrogens (tertiary/aromatic N) is 1. The number of ketones is 1. The van der Waals surface area contributed by atoms with Crippen LogP contribution in [0.25, 0.3) is 0 Å². The Labute approximate surface area is 250 Å². The number of rotatable bonds is 10. The van der Waals surface area contributed by atoms with Crippen LogP contribution in [0.15, 0.2) is 84.0 Å². The number of Topliss-reactive ketones (excluding diaryl/α,β-unsaturated/α-hetero) is 1. The predicted octanol–water partition coefficient (Wildman–Crippen LogP) is 6.83. The number of para-hydroxylation sites is 1. The van der Waals surface area contributed by atoms with Crippen molar-refractivity contribution >= 4 is 22.7 Å². The van der Waals surface area contributed by atoms with Gasteiger partial charge in [0.2, 0.25) is 0 Å². The largest absolute Gasteiger partial charge is 0.509 e. The van der Waals surface area contributed by atoms with Gasteiger partial charge in [-0.25, -0.2) is 4.79 Å². The maximum absolute atomic E-state index is 13.7. The van der Waals surface area contributed by atoms with Gasteiger partial charge >= 0.3 is 6.09 Å². The second-order valence-corrected chi connectivity index (χ2v) is 12.8. The number of ether oxygens (including phenoxy) is 2. The SMILES string of the molecule is C=C(O)C(C)(C)Oc1c(C)cc(CCC2CN(C(=O)Oc3ccccc3)CC2C(=O)c2ccc(S(C)=O)cc2)cc1C. The van der Waals surface area contributed by atoms with Gasteiger partial charge < -0.3 is 19.5 Å². The minimum absolute atomic E-state index is 0.0361. The molecule has 3 unspecified atom stereocenters. The van der Waals surface area contributed by atoms with Gasteiger partial charge in [-0.3, -0.25) is 9.00 Å². The van der Waals surface area contributed by atoms with Gasteiger partial charge in [0.25, 0.3) is 0 Å². The lowest BCUT2D eigenvalue weighted by Crippen LogP contribution is -2.32. The fraction of sp³-hybridized carbons (Fsp3) is 0.353.